The van der Waals surface area contributed by atoms with Gasteiger partial charge in [-0.25, -0.2) is 23.7 Å². The lowest BCUT2D eigenvalue weighted by Gasteiger charge is -2.29. The molecule has 2 aromatic heterocycles. The van der Waals surface area contributed by atoms with Crippen LogP contribution in [0.15, 0.2) is 60.8 Å². The average molecular weight is 572 g/mol. The summed E-state index contributed by atoms with van der Waals surface area (Å²) in [7, 11) is 0. The fourth-order valence-corrected chi connectivity index (χ4v) is 4.89. The van der Waals surface area contributed by atoms with E-state index in [-0.39, 0.29) is 17.2 Å². The van der Waals surface area contributed by atoms with Crippen LogP contribution in [0.3, 0.4) is 0 Å². The lowest BCUT2D eigenvalue weighted by Crippen LogP contribution is -2.35. The quantitative estimate of drug-likeness (QED) is 0.240. The Morgan fingerprint density at radius 3 is 2.14 bits per heavy atom. The molecule has 0 saturated carbocycles. The van der Waals surface area contributed by atoms with Crippen molar-refractivity contribution in [1.82, 2.24) is 19.5 Å². The third-order valence-corrected chi connectivity index (χ3v) is 7.00. The Kier molecular flexibility index (Phi) is 8.03. The molecular formula is C33H38FN5O3. The normalized spacial score (nSPS) is 14.1. The number of benzene rings is 2. The van der Waals surface area contributed by atoms with Crippen LogP contribution in [0.5, 0.6) is 11.8 Å². The highest BCUT2D eigenvalue weighted by molar-refractivity contribution is 5.89. The molecule has 0 N–H and O–H groups in total. The standard InChI is InChI=1S/C33H38FN5O3/c1-32(2,3)23-12-16-25(17-13-23)41-29-35-19-18-26(36-29)28-27(22-10-14-24(34)15-11-22)37-30(38-20-8-7-9-21-38)39(28)31(40)42-33(4,5)6/h10-19H,7-9,20-21H2,1-6H3. The SMILES string of the molecule is CC(C)(C)OC(=O)n1c(N2CCCCC2)nc(-c2ccc(F)cc2)c1-c1ccnc(Oc2ccc(C(C)(C)C)cc2)n1. The molecule has 0 amide bonds. The van der Waals surface area contributed by atoms with Gasteiger partial charge in [-0.1, -0.05) is 32.9 Å². The van der Waals surface area contributed by atoms with Gasteiger partial charge < -0.3 is 14.4 Å². The van der Waals surface area contributed by atoms with Crippen LogP contribution in [0.25, 0.3) is 22.6 Å². The highest BCUT2D eigenvalue weighted by Crippen LogP contribution is 2.37. The molecule has 5 rings (SSSR count). The van der Waals surface area contributed by atoms with Crippen LogP contribution >= 0.6 is 0 Å². The first-order chi connectivity index (χ1) is 19.9. The van der Waals surface area contributed by atoms with Gasteiger partial charge in [-0.2, -0.15) is 4.98 Å². The van der Waals surface area contributed by atoms with Gasteiger partial charge in [-0.15, -0.1) is 0 Å². The van der Waals surface area contributed by atoms with Crippen LogP contribution in [0.2, 0.25) is 0 Å². The fourth-order valence-electron chi connectivity index (χ4n) is 4.89. The van der Waals surface area contributed by atoms with Crippen molar-refractivity contribution in [2.45, 2.75) is 71.8 Å². The lowest BCUT2D eigenvalue weighted by atomic mass is 9.87. The first kappa shape index (κ1) is 29.2. The van der Waals surface area contributed by atoms with Gasteiger partial charge in [0.1, 0.15) is 28.6 Å². The lowest BCUT2D eigenvalue weighted by molar-refractivity contribution is 0.0541. The molecule has 1 aliphatic heterocycles. The van der Waals surface area contributed by atoms with E-state index in [1.807, 2.05) is 45.0 Å². The van der Waals surface area contributed by atoms with Gasteiger partial charge in [-0.05, 0) is 93.5 Å². The van der Waals surface area contributed by atoms with Gasteiger partial charge in [0.15, 0.2) is 0 Å². The molecule has 0 radical (unpaired) electrons. The van der Waals surface area contributed by atoms with Crippen molar-refractivity contribution >= 4 is 12.0 Å². The molecule has 9 heteroatoms. The van der Waals surface area contributed by atoms with Crippen LogP contribution in [-0.2, 0) is 10.2 Å². The number of aromatic nitrogens is 4. The maximum Gasteiger partial charge on any atom is 0.422 e. The Bertz CT molecular complexity index is 1540. The maximum absolute atomic E-state index is 13.9. The van der Waals surface area contributed by atoms with Gasteiger partial charge in [0, 0.05) is 24.8 Å². The predicted molar refractivity (Wildman–Crippen MR) is 162 cm³/mol. The number of rotatable bonds is 5. The Hall–Kier alpha value is -4.27. The summed E-state index contributed by atoms with van der Waals surface area (Å²) in [6, 6.07) is 15.7. The molecule has 0 atom stereocenters. The second-order valence-electron chi connectivity index (χ2n) is 12.6. The number of halogens is 1. The molecule has 42 heavy (non-hydrogen) atoms. The number of nitrogens with zero attached hydrogens (tertiary/aromatic N) is 5. The fraction of sp³-hybridized carbons (Fsp3) is 0.394. The molecule has 0 spiro atoms. The van der Waals surface area contributed by atoms with Crippen molar-refractivity contribution in [3.8, 4) is 34.4 Å². The zero-order valence-corrected chi connectivity index (χ0v) is 25.1. The predicted octanol–water partition coefficient (Wildman–Crippen LogP) is 8.01. The topological polar surface area (TPSA) is 82.4 Å². The number of hydrogen-bond acceptors (Lipinski definition) is 7. The zero-order valence-electron chi connectivity index (χ0n) is 25.1. The molecule has 8 nitrogen and oxygen atoms in total. The van der Waals surface area contributed by atoms with E-state index in [2.05, 4.69) is 30.7 Å². The van der Waals surface area contributed by atoms with Crippen molar-refractivity contribution in [3.63, 3.8) is 0 Å². The second kappa shape index (κ2) is 11.5. The smallest absolute Gasteiger partial charge is 0.422 e. The average Bonchev–Trinajstić information content (AvgIpc) is 3.34. The van der Waals surface area contributed by atoms with Crippen LogP contribution in [0.1, 0.15) is 66.4 Å². The van der Waals surface area contributed by atoms with Crippen LogP contribution in [-0.4, -0.2) is 44.3 Å². The van der Waals surface area contributed by atoms with Crippen molar-refractivity contribution in [1.29, 1.82) is 0 Å². The van der Waals surface area contributed by atoms with Gasteiger partial charge in [0.05, 0.1) is 5.69 Å². The van der Waals surface area contributed by atoms with E-state index in [9.17, 15) is 9.18 Å². The number of piperidine rings is 1. The van der Waals surface area contributed by atoms with E-state index < -0.39 is 11.7 Å². The van der Waals surface area contributed by atoms with E-state index in [4.69, 9.17) is 19.4 Å². The number of carbonyl (C=O) groups excluding carboxylic acids is 1. The van der Waals surface area contributed by atoms with Gasteiger partial charge in [0.2, 0.25) is 5.95 Å². The summed E-state index contributed by atoms with van der Waals surface area (Å²) in [5, 5.41) is 0. The summed E-state index contributed by atoms with van der Waals surface area (Å²) in [5.74, 6) is 0.698. The molecule has 1 aliphatic rings. The van der Waals surface area contributed by atoms with Gasteiger partial charge >= 0.3 is 12.1 Å². The first-order valence-electron chi connectivity index (χ1n) is 14.4. The molecule has 1 fully saturated rings. The summed E-state index contributed by atoms with van der Waals surface area (Å²) in [6.45, 7) is 13.4. The Morgan fingerprint density at radius 2 is 1.52 bits per heavy atom. The minimum Gasteiger partial charge on any atom is -0.443 e. The summed E-state index contributed by atoms with van der Waals surface area (Å²) in [4.78, 5) is 30.0. The first-order valence-corrected chi connectivity index (χ1v) is 14.4. The molecular weight excluding hydrogens is 533 g/mol. The van der Waals surface area contributed by atoms with Crippen molar-refractivity contribution < 1.29 is 18.7 Å². The number of imidazole rings is 1. The minimum atomic E-state index is -0.743. The van der Waals surface area contributed by atoms with Crippen molar-refractivity contribution in [3.05, 3.63) is 72.2 Å². The highest BCUT2D eigenvalue weighted by Gasteiger charge is 2.32. The largest absolute Gasteiger partial charge is 0.443 e. The summed E-state index contributed by atoms with van der Waals surface area (Å²) in [6.07, 6.45) is 4.11. The van der Waals surface area contributed by atoms with E-state index >= 15 is 0 Å². The van der Waals surface area contributed by atoms with E-state index in [0.29, 0.717) is 34.3 Å². The molecule has 3 heterocycles. The number of hydrogen-bond donors (Lipinski definition) is 0. The molecule has 4 aromatic rings. The van der Waals surface area contributed by atoms with Gasteiger partial charge in [-0.3, -0.25) is 0 Å². The minimum absolute atomic E-state index is 0.0117. The van der Waals surface area contributed by atoms with E-state index in [1.54, 1.807) is 24.4 Å². The zero-order chi connectivity index (χ0) is 30.1. The Labute approximate surface area is 246 Å². The van der Waals surface area contributed by atoms with E-state index in [1.165, 1.54) is 22.3 Å². The number of carbonyl (C=O) groups is 1. The van der Waals surface area contributed by atoms with Gasteiger partial charge in [0.25, 0.3) is 0 Å². The molecule has 0 aliphatic carbocycles. The molecule has 0 bridgehead atoms. The maximum atomic E-state index is 13.9. The van der Waals surface area contributed by atoms with Crippen LogP contribution in [0.4, 0.5) is 15.1 Å². The number of anilines is 1. The van der Waals surface area contributed by atoms with Crippen LogP contribution in [0, 0.1) is 5.82 Å². The molecule has 0 unspecified atom stereocenters. The Balaban J connectivity index is 1.64. The van der Waals surface area contributed by atoms with Crippen LogP contribution < -0.4 is 9.64 Å². The molecule has 220 valence electrons. The number of ether oxygens (including phenoxy) is 2. The summed E-state index contributed by atoms with van der Waals surface area (Å²) < 4.78 is 27.3. The summed E-state index contributed by atoms with van der Waals surface area (Å²) in [5.41, 5.74) is 2.43. The monoisotopic (exact) mass is 571 g/mol. The molecule has 2 aromatic carbocycles. The van der Waals surface area contributed by atoms with Crippen molar-refractivity contribution in [2.24, 2.45) is 0 Å². The third-order valence-electron chi connectivity index (χ3n) is 7.00. The second-order valence-corrected chi connectivity index (χ2v) is 12.6. The summed E-state index contributed by atoms with van der Waals surface area (Å²) >= 11 is 0. The van der Waals surface area contributed by atoms with Crippen molar-refractivity contribution in [2.75, 3.05) is 18.0 Å². The third kappa shape index (κ3) is 6.61. The van der Waals surface area contributed by atoms with E-state index in [0.717, 1.165) is 32.4 Å². The molecule has 1 saturated heterocycles. The Morgan fingerprint density at radius 1 is 0.857 bits per heavy atom. The highest BCUT2D eigenvalue weighted by atomic mass is 19.1.